The molecule has 0 fully saturated rings. The maximum absolute atomic E-state index is 13.0. The number of benzene rings is 2. The van der Waals surface area contributed by atoms with Gasteiger partial charge in [0.05, 0.1) is 5.52 Å². The minimum atomic E-state index is -0.230. The Bertz CT molecular complexity index is 700. The summed E-state index contributed by atoms with van der Waals surface area (Å²) in [6.07, 6.45) is 1.56. The highest BCUT2D eigenvalue weighted by molar-refractivity contribution is 5.95. The summed E-state index contributed by atoms with van der Waals surface area (Å²) in [6.45, 7) is 1.96. The first-order chi connectivity index (χ1) is 8.75. The Kier molecular flexibility index (Phi) is 2.52. The van der Waals surface area contributed by atoms with E-state index in [0.717, 1.165) is 27.7 Å². The van der Waals surface area contributed by atoms with Crippen LogP contribution in [0.4, 0.5) is 4.39 Å². The first-order valence-electron chi connectivity index (χ1n) is 5.72. The summed E-state index contributed by atoms with van der Waals surface area (Å²) in [4.78, 5) is 8.49. The number of aromatic nitrogens is 2. The second kappa shape index (κ2) is 4.18. The van der Waals surface area contributed by atoms with Crippen LogP contribution >= 0.6 is 0 Å². The Labute approximate surface area is 104 Å². The standard InChI is InChI=1S/C15H11FN2/c1-10-15-13(11-5-7-12(16)8-6-11)3-2-4-14(15)18-9-17-10/h2-9H,1H3. The molecule has 0 saturated heterocycles. The maximum atomic E-state index is 13.0. The van der Waals surface area contributed by atoms with Crippen LogP contribution in [0, 0.1) is 12.7 Å². The molecule has 0 bridgehead atoms. The summed E-state index contributed by atoms with van der Waals surface area (Å²) < 4.78 is 13.0. The molecule has 0 N–H and O–H groups in total. The van der Waals surface area contributed by atoms with E-state index in [4.69, 9.17) is 0 Å². The molecule has 1 heterocycles. The number of fused-ring (bicyclic) bond motifs is 1. The lowest BCUT2D eigenvalue weighted by Gasteiger charge is -2.08. The number of hydrogen-bond acceptors (Lipinski definition) is 2. The predicted molar refractivity (Wildman–Crippen MR) is 69.7 cm³/mol. The van der Waals surface area contributed by atoms with E-state index < -0.39 is 0 Å². The average Bonchev–Trinajstić information content (AvgIpc) is 2.39. The van der Waals surface area contributed by atoms with Gasteiger partial charge in [-0.1, -0.05) is 24.3 Å². The molecule has 0 aliphatic carbocycles. The molecular formula is C15H11FN2. The fourth-order valence-corrected chi connectivity index (χ4v) is 2.14. The number of aryl methyl sites for hydroxylation is 1. The van der Waals surface area contributed by atoms with E-state index >= 15 is 0 Å². The molecule has 3 aromatic rings. The zero-order valence-corrected chi connectivity index (χ0v) is 9.89. The minimum absolute atomic E-state index is 0.230. The van der Waals surface area contributed by atoms with Crippen molar-refractivity contribution in [2.24, 2.45) is 0 Å². The van der Waals surface area contributed by atoms with Crippen LogP contribution in [0.1, 0.15) is 5.69 Å². The molecule has 3 rings (SSSR count). The Morgan fingerprint density at radius 2 is 1.72 bits per heavy atom. The van der Waals surface area contributed by atoms with E-state index in [9.17, 15) is 4.39 Å². The van der Waals surface area contributed by atoms with E-state index in [2.05, 4.69) is 9.97 Å². The van der Waals surface area contributed by atoms with E-state index in [1.165, 1.54) is 12.1 Å². The fraction of sp³-hybridized carbons (Fsp3) is 0.0667. The van der Waals surface area contributed by atoms with Crippen LogP contribution in [0.3, 0.4) is 0 Å². The third-order valence-electron chi connectivity index (χ3n) is 3.01. The topological polar surface area (TPSA) is 25.8 Å². The SMILES string of the molecule is Cc1ncnc2cccc(-c3ccc(F)cc3)c12. The van der Waals surface area contributed by atoms with E-state index in [1.54, 1.807) is 18.5 Å². The molecular weight excluding hydrogens is 227 g/mol. The lowest BCUT2D eigenvalue weighted by Crippen LogP contribution is -1.90. The van der Waals surface area contributed by atoms with Crippen molar-refractivity contribution in [1.29, 1.82) is 0 Å². The van der Waals surface area contributed by atoms with Crippen LogP contribution < -0.4 is 0 Å². The van der Waals surface area contributed by atoms with E-state index in [-0.39, 0.29) is 5.82 Å². The summed E-state index contributed by atoms with van der Waals surface area (Å²) >= 11 is 0. The summed E-state index contributed by atoms with van der Waals surface area (Å²) in [5, 5.41) is 1.02. The van der Waals surface area contributed by atoms with Gasteiger partial charge in [0.15, 0.2) is 0 Å². The lowest BCUT2D eigenvalue weighted by molar-refractivity contribution is 0.628. The lowest BCUT2D eigenvalue weighted by atomic mass is 10.00. The average molecular weight is 238 g/mol. The van der Waals surface area contributed by atoms with Gasteiger partial charge in [0.25, 0.3) is 0 Å². The van der Waals surface area contributed by atoms with Gasteiger partial charge in [-0.25, -0.2) is 14.4 Å². The molecule has 3 heteroatoms. The molecule has 0 unspecified atom stereocenters. The minimum Gasteiger partial charge on any atom is -0.241 e. The number of rotatable bonds is 1. The van der Waals surface area contributed by atoms with Crippen molar-refractivity contribution < 1.29 is 4.39 Å². The van der Waals surface area contributed by atoms with Crippen LogP contribution in [-0.4, -0.2) is 9.97 Å². The number of hydrogen-bond donors (Lipinski definition) is 0. The Morgan fingerprint density at radius 3 is 2.50 bits per heavy atom. The largest absolute Gasteiger partial charge is 0.241 e. The maximum Gasteiger partial charge on any atom is 0.123 e. The number of nitrogens with zero attached hydrogens (tertiary/aromatic N) is 2. The molecule has 0 amide bonds. The first kappa shape index (κ1) is 10.8. The monoisotopic (exact) mass is 238 g/mol. The smallest absolute Gasteiger partial charge is 0.123 e. The van der Waals surface area contributed by atoms with Crippen molar-refractivity contribution >= 4 is 10.9 Å². The molecule has 2 nitrogen and oxygen atoms in total. The second-order valence-corrected chi connectivity index (χ2v) is 4.17. The van der Waals surface area contributed by atoms with E-state index in [0.29, 0.717) is 0 Å². The molecule has 0 spiro atoms. The molecule has 1 aromatic heterocycles. The Morgan fingerprint density at radius 1 is 0.944 bits per heavy atom. The van der Waals surface area contributed by atoms with Crippen molar-refractivity contribution in [1.82, 2.24) is 9.97 Å². The highest BCUT2D eigenvalue weighted by Crippen LogP contribution is 2.29. The second-order valence-electron chi connectivity index (χ2n) is 4.17. The summed E-state index contributed by atoms with van der Waals surface area (Å²) in [5.74, 6) is -0.230. The van der Waals surface area contributed by atoms with Gasteiger partial charge < -0.3 is 0 Å². The normalized spacial score (nSPS) is 10.8. The number of halogens is 1. The van der Waals surface area contributed by atoms with Gasteiger partial charge in [0.1, 0.15) is 12.1 Å². The molecule has 88 valence electrons. The van der Waals surface area contributed by atoms with Crippen LogP contribution in [-0.2, 0) is 0 Å². The first-order valence-corrected chi connectivity index (χ1v) is 5.72. The van der Waals surface area contributed by atoms with Crippen molar-refractivity contribution in [2.45, 2.75) is 6.92 Å². The third kappa shape index (κ3) is 1.74. The van der Waals surface area contributed by atoms with Gasteiger partial charge in [-0.05, 0) is 36.2 Å². The van der Waals surface area contributed by atoms with Crippen LogP contribution in [0.15, 0.2) is 48.8 Å². The van der Waals surface area contributed by atoms with Gasteiger partial charge in [0.2, 0.25) is 0 Å². The third-order valence-corrected chi connectivity index (χ3v) is 3.01. The van der Waals surface area contributed by atoms with Crippen molar-refractivity contribution in [2.75, 3.05) is 0 Å². The van der Waals surface area contributed by atoms with Crippen molar-refractivity contribution in [3.8, 4) is 11.1 Å². The van der Waals surface area contributed by atoms with Crippen LogP contribution in [0.5, 0.6) is 0 Å². The predicted octanol–water partition coefficient (Wildman–Crippen LogP) is 3.74. The molecule has 18 heavy (non-hydrogen) atoms. The molecule has 0 aliphatic rings. The van der Waals surface area contributed by atoms with Crippen molar-refractivity contribution in [3.05, 3.63) is 60.3 Å². The van der Waals surface area contributed by atoms with Gasteiger partial charge in [-0.2, -0.15) is 0 Å². The van der Waals surface area contributed by atoms with Crippen LogP contribution in [0.25, 0.3) is 22.0 Å². The summed E-state index contributed by atoms with van der Waals surface area (Å²) in [6, 6.07) is 12.4. The highest BCUT2D eigenvalue weighted by atomic mass is 19.1. The van der Waals surface area contributed by atoms with Crippen molar-refractivity contribution in [3.63, 3.8) is 0 Å². The molecule has 2 aromatic carbocycles. The Hall–Kier alpha value is -2.29. The zero-order chi connectivity index (χ0) is 12.5. The fourth-order valence-electron chi connectivity index (χ4n) is 2.14. The van der Waals surface area contributed by atoms with Crippen LogP contribution in [0.2, 0.25) is 0 Å². The molecule has 0 saturated carbocycles. The van der Waals surface area contributed by atoms with Gasteiger partial charge in [0, 0.05) is 11.1 Å². The molecule has 0 aliphatic heterocycles. The highest BCUT2D eigenvalue weighted by Gasteiger charge is 2.07. The molecule has 0 atom stereocenters. The van der Waals surface area contributed by atoms with Gasteiger partial charge in [-0.15, -0.1) is 0 Å². The van der Waals surface area contributed by atoms with Gasteiger partial charge >= 0.3 is 0 Å². The molecule has 0 radical (unpaired) electrons. The van der Waals surface area contributed by atoms with E-state index in [1.807, 2.05) is 25.1 Å². The quantitative estimate of drug-likeness (QED) is 0.645. The Balaban J connectivity index is 2.32. The summed E-state index contributed by atoms with van der Waals surface area (Å²) in [7, 11) is 0. The van der Waals surface area contributed by atoms with Gasteiger partial charge in [-0.3, -0.25) is 0 Å². The summed E-state index contributed by atoms with van der Waals surface area (Å²) in [5.41, 5.74) is 3.84. The zero-order valence-electron chi connectivity index (χ0n) is 9.89.